The molecule has 2 unspecified atom stereocenters. The summed E-state index contributed by atoms with van der Waals surface area (Å²) < 4.78 is 0. The third-order valence-electron chi connectivity index (χ3n) is 4.71. The summed E-state index contributed by atoms with van der Waals surface area (Å²) in [6.07, 6.45) is 2.84. The maximum absolute atomic E-state index is 3.59. The van der Waals surface area contributed by atoms with Gasteiger partial charge in [0.25, 0.3) is 0 Å². The first kappa shape index (κ1) is 16.5. The van der Waals surface area contributed by atoms with Crippen LogP contribution in [0.1, 0.15) is 52.1 Å². The average molecular weight is 288 g/mol. The fraction of sp³-hybridized carbons (Fsp3) is 0.684. The highest BCUT2D eigenvalue weighted by Gasteiger charge is 2.35. The highest BCUT2D eigenvalue weighted by atomic mass is 15.2. The normalized spacial score (nSPS) is 18.5. The van der Waals surface area contributed by atoms with Crippen LogP contribution in [0.2, 0.25) is 0 Å². The van der Waals surface area contributed by atoms with Crippen LogP contribution >= 0.6 is 0 Å². The van der Waals surface area contributed by atoms with Crippen molar-refractivity contribution in [3.05, 3.63) is 35.9 Å². The molecule has 0 amide bonds. The van der Waals surface area contributed by atoms with Gasteiger partial charge in [0.1, 0.15) is 0 Å². The van der Waals surface area contributed by atoms with Crippen molar-refractivity contribution in [3.8, 4) is 0 Å². The number of hydrogen-bond acceptors (Lipinski definition) is 2. The summed E-state index contributed by atoms with van der Waals surface area (Å²) in [6.45, 7) is 10.7. The number of rotatable bonds is 8. The van der Waals surface area contributed by atoms with Crippen molar-refractivity contribution in [3.63, 3.8) is 0 Å². The van der Waals surface area contributed by atoms with Crippen LogP contribution in [0.3, 0.4) is 0 Å². The minimum Gasteiger partial charge on any atom is -0.312 e. The Bertz CT molecular complexity index is 409. The molecule has 2 rings (SSSR count). The van der Waals surface area contributed by atoms with E-state index in [4.69, 9.17) is 0 Å². The maximum Gasteiger partial charge on any atom is 0.0478 e. The highest BCUT2D eigenvalue weighted by molar-refractivity contribution is 5.21. The molecule has 118 valence electrons. The van der Waals surface area contributed by atoms with E-state index in [2.05, 4.69) is 75.3 Å². The van der Waals surface area contributed by atoms with E-state index in [1.54, 1.807) is 0 Å². The van der Waals surface area contributed by atoms with Gasteiger partial charge in [0.05, 0.1) is 0 Å². The number of likely N-dealkylation sites (N-methyl/N-ethyl adjacent to an activating group) is 1. The molecule has 0 saturated heterocycles. The Morgan fingerprint density at radius 1 is 1.10 bits per heavy atom. The Hall–Kier alpha value is -0.860. The van der Waals surface area contributed by atoms with E-state index in [1.807, 2.05) is 0 Å². The zero-order valence-electron chi connectivity index (χ0n) is 14.3. The lowest BCUT2D eigenvalue weighted by molar-refractivity contribution is 0.0829. The molecule has 1 saturated carbocycles. The Kier molecular flexibility index (Phi) is 5.83. The lowest BCUT2D eigenvalue weighted by Gasteiger charge is -2.42. The minimum absolute atomic E-state index is 0.396. The second kappa shape index (κ2) is 7.42. The van der Waals surface area contributed by atoms with Crippen LogP contribution in [0.25, 0.3) is 0 Å². The summed E-state index contributed by atoms with van der Waals surface area (Å²) in [5.74, 6) is 1.56. The summed E-state index contributed by atoms with van der Waals surface area (Å²) in [7, 11) is 2.10. The molecule has 0 radical (unpaired) electrons. The SMILES string of the molecule is CNC(c1ccccc1)C(C(C)C)N(CC1CC1)C(C)C. The standard InChI is InChI=1S/C19H32N2/c1-14(2)19(21(15(3)4)13-16-11-12-16)18(20-5)17-9-7-6-8-10-17/h6-10,14-16,18-20H,11-13H2,1-5H3. The fourth-order valence-electron chi connectivity index (χ4n) is 3.43. The van der Waals surface area contributed by atoms with E-state index in [1.165, 1.54) is 24.9 Å². The van der Waals surface area contributed by atoms with E-state index in [-0.39, 0.29) is 0 Å². The van der Waals surface area contributed by atoms with Crippen LogP contribution in [-0.2, 0) is 0 Å². The molecule has 21 heavy (non-hydrogen) atoms. The second-order valence-electron chi connectivity index (χ2n) is 7.15. The van der Waals surface area contributed by atoms with E-state index in [9.17, 15) is 0 Å². The quantitative estimate of drug-likeness (QED) is 0.775. The Morgan fingerprint density at radius 3 is 2.14 bits per heavy atom. The second-order valence-corrected chi connectivity index (χ2v) is 7.15. The average Bonchev–Trinajstić information content (AvgIpc) is 3.27. The van der Waals surface area contributed by atoms with Crippen LogP contribution in [0.4, 0.5) is 0 Å². The van der Waals surface area contributed by atoms with Crippen molar-refractivity contribution >= 4 is 0 Å². The van der Waals surface area contributed by atoms with E-state index < -0.39 is 0 Å². The monoisotopic (exact) mass is 288 g/mol. The van der Waals surface area contributed by atoms with Gasteiger partial charge in [-0.1, -0.05) is 44.2 Å². The zero-order valence-corrected chi connectivity index (χ0v) is 14.3. The predicted octanol–water partition coefficient (Wildman–Crippen LogP) is 4.09. The Labute approximate surface area is 130 Å². The van der Waals surface area contributed by atoms with Gasteiger partial charge in [-0.3, -0.25) is 4.90 Å². The van der Waals surface area contributed by atoms with Gasteiger partial charge in [-0.25, -0.2) is 0 Å². The molecule has 2 heteroatoms. The molecule has 0 aromatic heterocycles. The topological polar surface area (TPSA) is 15.3 Å². The predicted molar refractivity (Wildman–Crippen MR) is 91.4 cm³/mol. The molecule has 1 aliphatic rings. The summed E-state index contributed by atoms with van der Waals surface area (Å²) in [5, 5.41) is 3.59. The lowest BCUT2D eigenvalue weighted by atomic mass is 9.88. The molecular weight excluding hydrogens is 256 g/mol. The molecular formula is C19H32N2. The van der Waals surface area contributed by atoms with Crippen LogP contribution in [-0.4, -0.2) is 30.6 Å². The largest absolute Gasteiger partial charge is 0.312 e. The van der Waals surface area contributed by atoms with Crippen molar-refractivity contribution in [2.45, 2.75) is 58.7 Å². The molecule has 2 atom stereocenters. The van der Waals surface area contributed by atoms with Gasteiger partial charge in [-0.15, -0.1) is 0 Å². The van der Waals surface area contributed by atoms with Crippen molar-refractivity contribution in [1.29, 1.82) is 0 Å². The van der Waals surface area contributed by atoms with E-state index in [0.717, 1.165) is 5.92 Å². The van der Waals surface area contributed by atoms with Crippen molar-refractivity contribution < 1.29 is 0 Å². The lowest BCUT2D eigenvalue weighted by Crippen LogP contribution is -2.50. The molecule has 1 N–H and O–H groups in total. The summed E-state index contributed by atoms with van der Waals surface area (Å²) in [5.41, 5.74) is 1.40. The third-order valence-corrected chi connectivity index (χ3v) is 4.71. The fourth-order valence-corrected chi connectivity index (χ4v) is 3.43. The highest BCUT2D eigenvalue weighted by Crippen LogP contribution is 2.34. The molecule has 0 spiro atoms. The van der Waals surface area contributed by atoms with Crippen molar-refractivity contribution in [2.24, 2.45) is 11.8 Å². The molecule has 0 heterocycles. The van der Waals surface area contributed by atoms with Crippen molar-refractivity contribution in [2.75, 3.05) is 13.6 Å². The first-order chi connectivity index (χ1) is 10.0. The molecule has 1 aromatic rings. The summed E-state index contributed by atoms with van der Waals surface area (Å²) >= 11 is 0. The van der Waals surface area contributed by atoms with E-state index in [0.29, 0.717) is 24.0 Å². The van der Waals surface area contributed by atoms with Crippen molar-refractivity contribution in [1.82, 2.24) is 10.2 Å². The van der Waals surface area contributed by atoms with Crippen LogP contribution in [0.5, 0.6) is 0 Å². The Balaban J connectivity index is 2.25. The van der Waals surface area contributed by atoms with Gasteiger partial charge in [-0.05, 0) is 51.1 Å². The van der Waals surface area contributed by atoms with Gasteiger partial charge in [0.2, 0.25) is 0 Å². The number of benzene rings is 1. The van der Waals surface area contributed by atoms with Gasteiger partial charge < -0.3 is 5.32 Å². The molecule has 1 aromatic carbocycles. The zero-order chi connectivity index (χ0) is 15.4. The third kappa shape index (κ3) is 4.31. The summed E-state index contributed by atoms with van der Waals surface area (Å²) in [6, 6.07) is 12.4. The first-order valence-corrected chi connectivity index (χ1v) is 8.52. The van der Waals surface area contributed by atoms with Gasteiger partial charge in [-0.2, -0.15) is 0 Å². The number of nitrogens with zero attached hydrogens (tertiary/aromatic N) is 1. The van der Waals surface area contributed by atoms with Crippen LogP contribution < -0.4 is 5.32 Å². The van der Waals surface area contributed by atoms with Crippen LogP contribution in [0.15, 0.2) is 30.3 Å². The van der Waals surface area contributed by atoms with Gasteiger partial charge in [0, 0.05) is 24.7 Å². The minimum atomic E-state index is 0.396. The molecule has 1 fully saturated rings. The molecule has 1 aliphatic carbocycles. The number of nitrogens with one attached hydrogen (secondary N) is 1. The molecule has 0 aliphatic heterocycles. The van der Waals surface area contributed by atoms with Gasteiger partial charge in [0.15, 0.2) is 0 Å². The van der Waals surface area contributed by atoms with E-state index >= 15 is 0 Å². The first-order valence-electron chi connectivity index (χ1n) is 8.52. The molecule has 2 nitrogen and oxygen atoms in total. The summed E-state index contributed by atoms with van der Waals surface area (Å²) in [4.78, 5) is 2.73. The smallest absolute Gasteiger partial charge is 0.0478 e. The van der Waals surface area contributed by atoms with Gasteiger partial charge >= 0.3 is 0 Å². The maximum atomic E-state index is 3.59. The molecule has 0 bridgehead atoms. The number of hydrogen-bond donors (Lipinski definition) is 1. The Morgan fingerprint density at radius 2 is 1.71 bits per heavy atom. The van der Waals surface area contributed by atoms with Crippen LogP contribution in [0, 0.1) is 11.8 Å².